The van der Waals surface area contributed by atoms with Crippen LogP contribution < -0.4 is 10.3 Å². The summed E-state index contributed by atoms with van der Waals surface area (Å²) in [5, 5.41) is 14.0. The molecular formula is C29H36N6O2. The number of rotatable bonds is 9. The van der Waals surface area contributed by atoms with Crippen LogP contribution in [0.15, 0.2) is 47.3 Å². The Hall–Kier alpha value is -3.52. The number of hydrogen-bond donors (Lipinski definition) is 1. The molecule has 0 saturated heterocycles. The van der Waals surface area contributed by atoms with Crippen LogP contribution in [0.4, 0.5) is 0 Å². The van der Waals surface area contributed by atoms with Gasteiger partial charge in [0.05, 0.1) is 25.2 Å². The summed E-state index contributed by atoms with van der Waals surface area (Å²) < 4.78 is 7.19. The molecule has 0 amide bonds. The van der Waals surface area contributed by atoms with Crippen LogP contribution in [-0.4, -0.2) is 43.2 Å². The Labute approximate surface area is 217 Å². The number of benzene rings is 2. The number of aryl methyl sites for hydroxylation is 2. The monoisotopic (exact) mass is 500 g/mol. The summed E-state index contributed by atoms with van der Waals surface area (Å²) in [7, 11) is 1.67. The molecule has 37 heavy (non-hydrogen) atoms. The Morgan fingerprint density at radius 1 is 1.14 bits per heavy atom. The minimum Gasteiger partial charge on any atom is -0.497 e. The van der Waals surface area contributed by atoms with E-state index in [4.69, 9.17) is 4.74 Å². The standard InChI is InChI=1S/C29H36N6O2/c1-5-26(28-31-32-33-35(28)17-21-11-14-25(37-4)15-12-21)34(24-8-6-7-9-24)18-23-16-22-13-10-19(2)20(3)27(22)30-29(23)36/h10-16,24,26H,5-9,17-18H2,1-4H3,(H,30,36)/t26-/m0/s1. The SMILES string of the molecule is CC[C@@H](c1nnnn1Cc1ccc(OC)cc1)N(Cc1cc2ccc(C)c(C)c2[nH]c1=O)C1CCCC1. The minimum atomic E-state index is -0.0168. The second-order valence-electron chi connectivity index (χ2n) is 10.2. The summed E-state index contributed by atoms with van der Waals surface area (Å²) in [6, 6.07) is 14.7. The summed E-state index contributed by atoms with van der Waals surface area (Å²) in [5.74, 6) is 1.67. The van der Waals surface area contributed by atoms with Crippen LogP contribution in [0.5, 0.6) is 5.75 Å². The van der Waals surface area contributed by atoms with E-state index in [1.807, 2.05) is 28.9 Å². The number of methoxy groups -OCH3 is 1. The van der Waals surface area contributed by atoms with Gasteiger partial charge in [0, 0.05) is 18.2 Å². The zero-order valence-corrected chi connectivity index (χ0v) is 22.2. The average Bonchev–Trinajstić information content (AvgIpc) is 3.60. The fourth-order valence-electron chi connectivity index (χ4n) is 5.65. The molecule has 1 aliphatic rings. The Morgan fingerprint density at radius 2 is 1.89 bits per heavy atom. The second-order valence-corrected chi connectivity index (χ2v) is 10.2. The normalized spacial score (nSPS) is 15.1. The minimum absolute atomic E-state index is 0.00574. The smallest absolute Gasteiger partial charge is 0.252 e. The number of tetrazole rings is 1. The van der Waals surface area contributed by atoms with Gasteiger partial charge in [0.25, 0.3) is 5.56 Å². The predicted octanol–water partition coefficient (Wildman–Crippen LogP) is 5.08. The number of aromatic amines is 1. The largest absolute Gasteiger partial charge is 0.497 e. The van der Waals surface area contributed by atoms with E-state index in [0.29, 0.717) is 19.1 Å². The molecule has 1 N–H and O–H groups in total. The van der Waals surface area contributed by atoms with E-state index in [1.165, 1.54) is 18.4 Å². The fourth-order valence-corrected chi connectivity index (χ4v) is 5.65. The topological polar surface area (TPSA) is 88.9 Å². The first-order valence-corrected chi connectivity index (χ1v) is 13.2. The lowest BCUT2D eigenvalue weighted by Gasteiger charge is -2.35. The van der Waals surface area contributed by atoms with Gasteiger partial charge in [-0.25, -0.2) is 4.68 Å². The van der Waals surface area contributed by atoms with Gasteiger partial charge in [0.2, 0.25) is 0 Å². The highest BCUT2D eigenvalue weighted by Crippen LogP contribution is 2.34. The Morgan fingerprint density at radius 3 is 2.59 bits per heavy atom. The number of ether oxygens (including phenoxy) is 1. The fraction of sp³-hybridized carbons (Fsp3) is 0.448. The van der Waals surface area contributed by atoms with Gasteiger partial charge in [-0.15, -0.1) is 5.10 Å². The maximum absolute atomic E-state index is 13.3. The van der Waals surface area contributed by atoms with Crippen LogP contribution in [0, 0.1) is 13.8 Å². The highest BCUT2D eigenvalue weighted by molar-refractivity contribution is 5.83. The number of pyridine rings is 1. The molecule has 1 saturated carbocycles. The first kappa shape index (κ1) is 25.1. The quantitative estimate of drug-likeness (QED) is 0.345. The van der Waals surface area contributed by atoms with E-state index in [9.17, 15) is 4.79 Å². The molecule has 4 aromatic rings. The summed E-state index contributed by atoms with van der Waals surface area (Å²) >= 11 is 0. The first-order chi connectivity index (χ1) is 18.0. The van der Waals surface area contributed by atoms with Crippen molar-refractivity contribution in [1.82, 2.24) is 30.1 Å². The van der Waals surface area contributed by atoms with E-state index in [0.717, 1.165) is 58.4 Å². The van der Waals surface area contributed by atoms with Crippen molar-refractivity contribution in [2.75, 3.05) is 7.11 Å². The van der Waals surface area contributed by atoms with Gasteiger partial charge in [-0.3, -0.25) is 9.69 Å². The molecule has 0 spiro atoms. The molecule has 0 aliphatic heterocycles. The van der Waals surface area contributed by atoms with Crippen molar-refractivity contribution in [2.24, 2.45) is 0 Å². The number of aromatic nitrogens is 5. The van der Waals surface area contributed by atoms with Crippen molar-refractivity contribution in [3.63, 3.8) is 0 Å². The number of H-pyrrole nitrogens is 1. The Balaban J connectivity index is 1.48. The lowest BCUT2D eigenvalue weighted by molar-refractivity contribution is 0.112. The van der Waals surface area contributed by atoms with Gasteiger partial charge >= 0.3 is 0 Å². The van der Waals surface area contributed by atoms with Gasteiger partial charge in [-0.2, -0.15) is 0 Å². The summed E-state index contributed by atoms with van der Waals surface area (Å²) in [6.45, 7) is 7.46. The molecule has 2 heterocycles. The number of hydrogen-bond acceptors (Lipinski definition) is 6. The van der Waals surface area contributed by atoms with E-state index in [1.54, 1.807) is 7.11 Å². The van der Waals surface area contributed by atoms with E-state index in [-0.39, 0.29) is 11.6 Å². The van der Waals surface area contributed by atoms with Crippen LogP contribution in [0.3, 0.4) is 0 Å². The third-order valence-corrected chi connectivity index (χ3v) is 7.91. The molecule has 8 heteroatoms. The lowest BCUT2D eigenvalue weighted by Crippen LogP contribution is -2.39. The van der Waals surface area contributed by atoms with Crippen molar-refractivity contribution in [3.05, 3.63) is 80.9 Å². The molecule has 0 bridgehead atoms. The molecule has 2 aromatic carbocycles. The number of nitrogens with one attached hydrogen (secondary N) is 1. The van der Waals surface area contributed by atoms with Gasteiger partial charge in [0.15, 0.2) is 5.82 Å². The van der Waals surface area contributed by atoms with Crippen LogP contribution >= 0.6 is 0 Å². The molecule has 194 valence electrons. The average molecular weight is 501 g/mol. The van der Waals surface area contributed by atoms with Crippen LogP contribution in [0.25, 0.3) is 10.9 Å². The molecule has 2 aromatic heterocycles. The highest BCUT2D eigenvalue weighted by atomic mass is 16.5. The molecule has 1 fully saturated rings. The molecule has 1 aliphatic carbocycles. The molecule has 8 nitrogen and oxygen atoms in total. The zero-order chi connectivity index (χ0) is 25.9. The van der Waals surface area contributed by atoms with Crippen molar-refractivity contribution in [1.29, 1.82) is 0 Å². The van der Waals surface area contributed by atoms with Gasteiger partial charge in [0.1, 0.15) is 5.75 Å². The third-order valence-electron chi connectivity index (χ3n) is 7.91. The number of nitrogens with zero attached hydrogens (tertiary/aromatic N) is 5. The van der Waals surface area contributed by atoms with Gasteiger partial charge < -0.3 is 9.72 Å². The van der Waals surface area contributed by atoms with Crippen LogP contribution in [0.2, 0.25) is 0 Å². The molecular weight excluding hydrogens is 464 g/mol. The number of fused-ring (bicyclic) bond motifs is 1. The van der Waals surface area contributed by atoms with Crippen molar-refractivity contribution in [3.8, 4) is 5.75 Å². The van der Waals surface area contributed by atoms with Crippen molar-refractivity contribution >= 4 is 10.9 Å². The zero-order valence-electron chi connectivity index (χ0n) is 22.2. The summed E-state index contributed by atoms with van der Waals surface area (Å²) in [5.41, 5.74) is 5.10. The molecule has 0 unspecified atom stereocenters. The van der Waals surface area contributed by atoms with Crippen LogP contribution in [-0.2, 0) is 13.1 Å². The van der Waals surface area contributed by atoms with E-state index < -0.39 is 0 Å². The summed E-state index contributed by atoms with van der Waals surface area (Å²) in [4.78, 5) is 18.9. The molecule has 1 atom stereocenters. The van der Waals surface area contributed by atoms with Crippen LogP contribution in [0.1, 0.15) is 73.1 Å². The van der Waals surface area contributed by atoms with Gasteiger partial charge in [-0.1, -0.05) is 44.0 Å². The summed E-state index contributed by atoms with van der Waals surface area (Å²) in [6.07, 6.45) is 5.52. The lowest BCUT2D eigenvalue weighted by atomic mass is 10.0. The molecule has 5 rings (SSSR count). The second kappa shape index (κ2) is 10.8. The Kier molecular flexibility index (Phi) is 7.37. The first-order valence-electron chi connectivity index (χ1n) is 13.2. The van der Waals surface area contributed by atoms with E-state index >= 15 is 0 Å². The van der Waals surface area contributed by atoms with E-state index in [2.05, 4.69) is 64.4 Å². The Bertz CT molecular complexity index is 1420. The van der Waals surface area contributed by atoms with Crippen molar-refractivity contribution in [2.45, 2.75) is 78.0 Å². The highest BCUT2D eigenvalue weighted by Gasteiger charge is 2.32. The third kappa shape index (κ3) is 5.16. The predicted molar refractivity (Wildman–Crippen MR) is 145 cm³/mol. The van der Waals surface area contributed by atoms with Crippen molar-refractivity contribution < 1.29 is 4.74 Å². The molecule has 0 radical (unpaired) electrons. The maximum atomic E-state index is 13.3. The van der Waals surface area contributed by atoms with Gasteiger partial charge in [-0.05, 0) is 83.8 Å². The maximum Gasteiger partial charge on any atom is 0.252 e.